The van der Waals surface area contributed by atoms with Crippen molar-refractivity contribution in [1.82, 2.24) is 0 Å². The van der Waals surface area contributed by atoms with Crippen LogP contribution in [0.1, 0.15) is 26.7 Å². The zero-order chi connectivity index (χ0) is 10.5. The Morgan fingerprint density at radius 3 is 2.08 bits per heavy atom. The minimum atomic E-state index is -4.32. The second kappa shape index (κ2) is 4.86. The summed E-state index contributed by atoms with van der Waals surface area (Å²) in [5.74, 6) is 0. The Balaban J connectivity index is 4.70. The van der Waals surface area contributed by atoms with Crippen LogP contribution in [0.15, 0.2) is 0 Å². The number of ether oxygens (including phenoxy) is 1. The van der Waals surface area contributed by atoms with Crippen LogP contribution in [0.3, 0.4) is 0 Å². The summed E-state index contributed by atoms with van der Waals surface area (Å²) in [6, 6.07) is 0. The summed E-state index contributed by atoms with van der Waals surface area (Å²) < 4.78 is 16.0. The first-order valence-electron chi connectivity index (χ1n) is 4.06. The molecule has 0 aliphatic rings. The zero-order valence-corrected chi connectivity index (χ0v) is 8.66. The summed E-state index contributed by atoms with van der Waals surface area (Å²) in [5.41, 5.74) is 0. The molecule has 13 heavy (non-hydrogen) atoms. The van der Waals surface area contributed by atoms with Crippen LogP contribution in [-0.2, 0) is 14.1 Å². The molecule has 0 unspecified atom stereocenters. The lowest BCUT2D eigenvalue weighted by molar-refractivity contribution is -0.115. The standard InChI is InChI=1S/C7H15O5P/c1-3-7(4-2,12-6-5-8)13(9,10)11/h5H,3-4,6H2,1-2H3,(H2,9,10,11). The van der Waals surface area contributed by atoms with Crippen molar-refractivity contribution in [3.05, 3.63) is 0 Å². The van der Waals surface area contributed by atoms with Gasteiger partial charge in [0, 0.05) is 0 Å². The lowest BCUT2D eigenvalue weighted by Gasteiger charge is -2.31. The SMILES string of the molecule is CCC(CC)(OCC=O)P(=O)(O)O. The average Bonchev–Trinajstić information content (AvgIpc) is 2.05. The van der Waals surface area contributed by atoms with Crippen molar-refractivity contribution in [1.29, 1.82) is 0 Å². The molecule has 0 spiro atoms. The van der Waals surface area contributed by atoms with Crippen LogP contribution in [0.25, 0.3) is 0 Å². The highest BCUT2D eigenvalue weighted by Crippen LogP contribution is 2.54. The molecular formula is C7H15O5P. The van der Waals surface area contributed by atoms with E-state index in [2.05, 4.69) is 0 Å². The normalized spacial score (nSPS) is 12.9. The van der Waals surface area contributed by atoms with Crippen molar-refractivity contribution in [2.75, 3.05) is 6.61 Å². The van der Waals surface area contributed by atoms with E-state index in [0.717, 1.165) is 0 Å². The fourth-order valence-electron chi connectivity index (χ4n) is 1.14. The predicted molar refractivity (Wildman–Crippen MR) is 47.4 cm³/mol. The molecule has 0 bridgehead atoms. The topological polar surface area (TPSA) is 83.8 Å². The average molecular weight is 210 g/mol. The molecular weight excluding hydrogens is 195 g/mol. The van der Waals surface area contributed by atoms with Crippen molar-refractivity contribution < 1.29 is 23.9 Å². The number of hydrogen-bond acceptors (Lipinski definition) is 3. The molecule has 0 saturated carbocycles. The Morgan fingerprint density at radius 1 is 1.38 bits per heavy atom. The van der Waals surface area contributed by atoms with Gasteiger partial charge in [-0.2, -0.15) is 0 Å². The quantitative estimate of drug-likeness (QED) is 0.502. The number of carbonyl (C=O) groups excluding carboxylic acids is 1. The monoisotopic (exact) mass is 210 g/mol. The Hall–Kier alpha value is -0.220. The van der Waals surface area contributed by atoms with Gasteiger partial charge in [0.15, 0.2) is 5.34 Å². The summed E-state index contributed by atoms with van der Waals surface area (Å²) in [4.78, 5) is 28.1. The largest absolute Gasteiger partial charge is 0.357 e. The van der Waals surface area contributed by atoms with Crippen molar-refractivity contribution in [2.24, 2.45) is 0 Å². The van der Waals surface area contributed by atoms with Crippen molar-refractivity contribution >= 4 is 13.9 Å². The molecule has 0 aliphatic heterocycles. The summed E-state index contributed by atoms with van der Waals surface area (Å²) in [6.07, 6.45) is 0.846. The highest BCUT2D eigenvalue weighted by molar-refractivity contribution is 7.53. The number of hydrogen-bond donors (Lipinski definition) is 2. The molecule has 0 aromatic heterocycles. The van der Waals surface area contributed by atoms with E-state index < -0.39 is 12.9 Å². The highest BCUT2D eigenvalue weighted by Gasteiger charge is 2.44. The van der Waals surface area contributed by atoms with E-state index in [-0.39, 0.29) is 19.4 Å². The summed E-state index contributed by atoms with van der Waals surface area (Å²) >= 11 is 0. The predicted octanol–water partition coefficient (Wildman–Crippen LogP) is 0.896. The number of carbonyl (C=O) groups is 1. The van der Waals surface area contributed by atoms with Gasteiger partial charge >= 0.3 is 7.60 Å². The van der Waals surface area contributed by atoms with Crippen molar-refractivity contribution in [3.63, 3.8) is 0 Å². The molecule has 0 aromatic rings. The van der Waals surface area contributed by atoms with E-state index in [9.17, 15) is 9.36 Å². The van der Waals surface area contributed by atoms with E-state index in [4.69, 9.17) is 14.5 Å². The first-order chi connectivity index (χ1) is 5.93. The Kier molecular flexibility index (Phi) is 4.78. The lowest BCUT2D eigenvalue weighted by atomic mass is 10.2. The molecule has 0 aliphatic carbocycles. The first kappa shape index (κ1) is 12.8. The molecule has 0 fully saturated rings. The van der Waals surface area contributed by atoms with Gasteiger partial charge in [-0.05, 0) is 12.8 Å². The first-order valence-corrected chi connectivity index (χ1v) is 5.68. The van der Waals surface area contributed by atoms with Gasteiger partial charge in [-0.1, -0.05) is 13.8 Å². The van der Waals surface area contributed by atoms with E-state index in [1.54, 1.807) is 13.8 Å². The van der Waals surface area contributed by atoms with Gasteiger partial charge in [-0.25, -0.2) is 0 Å². The van der Waals surface area contributed by atoms with Gasteiger partial charge in [-0.15, -0.1) is 0 Å². The third-order valence-corrected chi connectivity index (χ3v) is 3.88. The highest BCUT2D eigenvalue weighted by atomic mass is 31.2. The van der Waals surface area contributed by atoms with E-state index in [0.29, 0.717) is 6.29 Å². The minimum absolute atomic E-state index is 0.182. The Bertz CT molecular complexity index is 205. The molecule has 2 N–H and O–H groups in total. The third kappa shape index (κ3) is 2.88. The summed E-state index contributed by atoms with van der Waals surface area (Å²) in [5, 5.41) is -1.49. The zero-order valence-electron chi connectivity index (χ0n) is 7.77. The van der Waals surface area contributed by atoms with Gasteiger partial charge < -0.3 is 19.3 Å². The van der Waals surface area contributed by atoms with Gasteiger partial charge in [-0.3, -0.25) is 4.57 Å². The molecule has 78 valence electrons. The molecule has 6 heteroatoms. The maximum atomic E-state index is 11.1. The summed E-state index contributed by atoms with van der Waals surface area (Å²) in [6.45, 7) is 2.95. The van der Waals surface area contributed by atoms with E-state index in [1.807, 2.05) is 0 Å². The molecule has 0 saturated heterocycles. The van der Waals surface area contributed by atoms with Gasteiger partial charge in [0.2, 0.25) is 0 Å². The molecule has 0 heterocycles. The van der Waals surface area contributed by atoms with Crippen LogP contribution in [0, 0.1) is 0 Å². The lowest BCUT2D eigenvalue weighted by Crippen LogP contribution is -2.31. The van der Waals surface area contributed by atoms with Crippen molar-refractivity contribution in [2.45, 2.75) is 32.0 Å². The van der Waals surface area contributed by atoms with Gasteiger partial charge in [0.25, 0.3) is 0 Å². The molecule has 0 aromatic carbocycles. The van der Waals surface area contributed by atoms with Crippen LogP contribution in [0.2, 0.25) is 0 Å². The van der Waals surface area contributed by atoms with Crippen LogP contribution >= 0.6 is 7.60 Å². The van der Waals surface area contributed by atoms with Crippen LogP contribution < -0.4 is 0 Å². The molecule has 0 rings (SSSR count). The Morgan fingerprint density at radius 2 is 1.85 bits per heavy atom. The number of rotatable bonds is 6. The van der Waals surface area contributed by atoms with Gasteiger partial charge in [0.1, 0.15) is 12.9 Å². The van der Waals surface area contributed by atoms with Gasteiger partial charge in [0.05, 0.1) is 0 Å². The number of aldehydes is 1. The second-order valence-corrected chi connectivity index (χ2v) is 4.58. The Labute approximate surface area is 77.3 Å². The smallest absolute Gasteiger partial charge is 0.355 e. The molecule has 5 nitrogen and oxygen atoms in total. The fraction of sp³-hybridized carbons (Fsp3) is 0.857. The van der Waals surface area contributed by atoms with Crippen LogP contribution in [0.5, 0.6) is 0 Å². The maximum Gasteiger partial charge on any atom is 0.357 e. The third-order valence-electron chi connectivity index (χ3n) is 2.06. The molecule has 0 amide bonds. The van der Waals surface area contributed by atoms with Crippen LogP contribution in [0.4, 0.5) is 0 Å². The summed E-state index contributed by atoms with van der Waals surface area (Å²) in [7, 11) is -4.32. The molecule has 0 radical (unpaired) electrons. The fourth-order valence-corrected chi connectivity index (χ4v) is 2.21. The second-order valence-electron chi connectivity index (χ2n) is 2.67. The minimum Gasteiger partial charge on any atom is -0.355 e. The van der Waals surface area contributed by atoms with E-state index in [1.165, 1.54) is 0 Å². The molecule has 0 atom stereocenters. The van der Waals surface area contributed by atoms with E-state index >= 15 is 0 Å². The maximum absolute atomic E-state index is 11.1. The van der Waals surface area contributed by atoms with Crippen molar-refractivity contribution in [3.8, 4) is 0 Å². The van der Waals surface area contributed by atoms with Crippen LogP contribution in [-0.4, -0.2) is 28.0 Å².